The number of anilines is 1. The van der Waals surface area contributed by atoms with E-state index >= 15 is 0 Å². The summed E-state index contributed by atoms with van der Waals surface area (Å²) >= 11 is 0. The number of ketones is 1. The minimum Gasteiger partial charge on any atom is -0.368 e. The first kappa shape index (κ1) is 10.1. The number of nitrogens with zero attached hydrogens (tertiary/aromatic N) is 1. The van der Waals surface area contributed by atoms with E-state index in [2.05, 4.69) is 0 Å². The summed E-state index contributed by atoms with van der Waals surface area (Å²) in [6.07, 6.45) is 0.913. The van der Waals surface area contributed by atoms with Gasteiger partial charge in [0.1, 0.15) is 6.67 Å². The third-order valence-corrected chi connectivity index (χ3v) is 2.83. The third kappa shape index (κ3) is 1.87. The molecule has 0 spiro atoms. The van der Waals surface area contributed by atoms with E-state index in [9.17, 15) is 9.18 Å². The fourth-order valence-corrected chi connectivity index (χ4v) is 2.02. The Morgan fingerprint density at radius 2 is 2.33 bits per heavy atom. The van der Waals surface area contributed by atoms with Crippen molar-refractivity contribution < 1.29 is 9.18 Å². The number of halogens is 1. The average Bonchev–Trinajstić information content (AvgIpc) is 2.61. The lowest BCUT2D eigenvalue weighted by molar-refractivity contribution is 0.101. The van der Waals surface area contributed by atoms with E-state index in [1.807, 2.05) is 23.1 Å². The van der Waals surface area contributed by atoms with Gasteiger partial charge in [0.05, 0.1) is 0 Å². The van der Waals surface area contributed by atoms with Crippen molar-refractivity contribution in [3.8, 4) is 0 Å². The number of benzene rings is 1. The van der Waals surface area contributed by atoms with Crippen molar-refractivity contribution >= 4 is 11.5 Å². The van der Waals surface area contributed by atoms with Gasteiger partial charge in [-0.1, -0.05) is 0 Å². The molecule has 2 rings (SSSR count). The van der Waals surface area contributed by atoms with Crippen LogP contribution in [0.4, 0.5) is 10.1 Å². The standard InChI is InChI=1S/C12H14FNO/c1-9(15)10-2-3-12-11(8-10)4-6-14(12)7-5-13/h2-3,8H,4-7H2,1H3. The van der Waals surface area contributed by atoms with Gasteiger partial charge in [-0.3, -0.25) is 4.79 Å². The van der Waals surface area contributed by atoms with Crippen LogP contribution in [0, 0.1) is 0 Å². The van der Waals surface area contributed by atoms with E-state index in [1.54, 1.807) is 6.92 Å². The zero-order valence-corrected chi connectivity index (χ0v) is 8.79. The van der Waals surface area contributed by atoms with Crippen LogP contribution in [0.1, 0.15) is 22.8 Å². The normalized spacial score (nSPS) is 14.1. The van der Waals surface area contributed by atoms with Crippen LogP contribution in [-0.2, 0) is 6.42 Å². The third-order valence-electron chi connectivity index (χ3n) is 2.83. The highest BCUT2D eigenvalue weighted by atomic mass is 19.1. The van der Waals surface area contributed by atoms with Crippen molar-refractivity contribution in [1.82, 2.24) is 0 Å². The van der Waals surface area contributed by atoms with Crippen molar-refractivity contribution in [1.29, 1.82) is 0 Å². The molecule has 0 bridgehead atoms. The molecule has 0 amide bonds. The van der Waals surface area contributed by atoms with E-state index in [0.29, 0.717) is 6.54 Å². The number of hydrogen-bond donors (Lipinski definition) is 0. The second-order valence-electron chi connectivity index (χ2n) is 3.83. The van der Waals surface area contributed by atoms with Crippen LogP contribution < -0.4 is 4.90 Å². The molecule has 15 heavy (non-hydrogen) atoms. The van der Waals surface area contributed by atoms with Gasteiger partial charge in [0.2, 0.25) is 0 Å². The number of hydrogen-bond acceptors (Lipinski definition) is 2. The molecule has 1 aliphatic heterocycles. The molecule has 1 heterocycles. The van der Waals surface area contributed by atoms with Crippen LogP contribution in [0.3, 0.4) is 0 Å². The van der Waals surface area contributed by atoms with Crippen LogP contribution in [0.2, 0.25) is 0 Å². The first-order valence-electron chi connectivity index (χ1n) is 5.17. The molecule has 1 aromatic rings. The summed E-state index contributed by atoms with van der Waals surface area (Å²) in [6, 6.07) is 5.67. The maximum absolute atomic E-state index is 12.3. The van der Waals surface area contributed by atoms with Gasteiger partial charge < -0.3 is 4.90 Å². The fourth-order valence-electron chi connectivity index (χ4n) is 2.02. The molecule has 1 aliphatic rings. The Labute approximate surface area is 88.7 Å². The summed E-state index contributed by atoms with van der Waals surface area (Å²) in [6.45, 7) is 2.55. The first-order chi connectivity index (χ1) is 7.22. The Morgan fingerprint density at radius 1 is 1.53 bits per heavy atom. The van der Waals surface area contributed by atoms with Gasteiger partial charge in [-0.25, -0.2) is 4.39 Å². The van der Waals surface area contributed by atoms with Crippen molar-refractivity contribution in [3.05, 3.63) is 29.3 Å². The molecule has 0 aliphatic carbocycles. The van der Waals surface area contributed by atoms with Crippen molar-refractivity contribution in [3.63, 3.8) is 0 Å². The summed E-state index contributed by atoms with van der Waals surface area (Å²) < 4.78 is 12.3. The summed E-state index contributed by atoms with van der Waals surface area (Å²) in [7, 11) is 0. The summed E-state index contributed by atoms with van der Waals surface area (Å²) in [5, 5.41) is 0. The summed E-state index contributed by atoms with van der Waals surface area (Å²) in [5.41, 5.74) is 2.99. The summed E-state index contributed by atoms with van der Waals surface area (Å²) in [5.74, 6) is 0.0849. The smallest absolute Gasteiger partial charge is 0.159 e. The van der Waals surface area contributed by atoms with Crippen molar-refractivity contribution in [2.75, 3.05) is 24.7 Å². The van der Waals surface area contributed by atoms with Crippen LogP contribution >= 0.6 is 0 Å². The van der Waals surface area contributed by atoms with Gasteiger partial charge >= 0.3 is 0 Å². The van der Waals surface area contributed by atoms with Gasteiger partial charge in [0, 0.05) is 24.3 Å². The lowest BCUT2D eigenvalue weighted by atomic mass is 10.1. The maximum Gasteiger partial charge on any atom is 0.159 e. The minimum atomic E-state index is -0.325. The second kappa shape index (κ2) is 4.01. The fraction of sp³-hybridized carbons (Fsp3) is 0.417. The van der Waals surface area contributed by atoms with Crippen molar-refractivity contribution in [2.45, 2.75) is 13.3 Å². The largest absolute Gasteiger partial charge is 0.368 e. The van der Waals surface area contributed by atoms with E-state index in [-0.39, 0.29) is 12.5 Å². The zero-order chi connectivity index (χ0) is 10.8. The van der Waals surface area contributed by atoms with E-state index in [1.165, 1.54) is 0 Å². The van der Waals surface area contributed by atoms with Gasteiger partial charge in [0.25, 0.3) is 0 Å². The Hall–Kier alpha value is -1.38. The molecule has 0 saturated carbocycles. The quantitative estimate of drug-likeness (QED) is 0.708. The zero-order valence-electron chi connectivity index (χ0n) is 8.79. The number of carbonyl (C=O) groups is 1. The van der Waals surface area contributed by atoms with E-state index in [0.717, 1.165) is 29.8 Å². The van der Waals surface area contributed by atoms with E-state index < -0.39 is 0 Å². The summed E-state index contributed by atoms with van der Waals surface area (Å²) in [4.78, 5) is 13.2. The molecular formula is C12H14FNO. The Balaban J connectivity index is 2.29. The monoisotopic (exact) mass is 207 g/mol. The molecule has 0 aromatic heterocycles. The highest BCUT2D eigenvalue weighted by Gasteiger charge is 2.19. The lowest BCUT2D eigenvalue weighted by Crippen LogP contribution is -2.22. The van der Waals surface area contributed by atoms with Gasteiger partial charge in [-0.05, 0) is 37.1 Å². The molecule has 0 N–H and O–H groups in total. The minimum absolute atomic E-state index is 0.0849. The number of Topliss-reactive ketones (excluding diaryl/α,β-unsaturated/α-hetero) is 1. The molecule has 3 heteroatoms. The molecule has 2 nitrogen and oxygen atoms in total. The Bertz CT molecular complexity index is 389. The topological polar surface area (TPSA) is 20.3 Å². The van der Waals surface area contributed by atoms with E-state index in [4.69, 9.17) is 0 Å². The highest BCUT2D eigenvalue weighted by molar-refractivity contribution is 5.94. The molecule has 0 fully saturated rings. The lowest BCUT2D eigenvalue weighted by Gasteiger charge is -2.17. The van der Waals surface area contributed by atoms with Crippen LogP contribution in [-0.4, -0.2) is 25.5 Å². The number of carbonyl (C=O) groups excluding carboxylic acids is 1. The van der Waals surface area contributed by atoms with Crippen molar-refractivity contribution in [2.24, 2.45) is 0 Å². The first-order valence-corrected chi connectivity index (χ1v) is 5.17. The molecule has 0 radical (unpaired) electrons. The van der Waals surface area contributed by atoms with Gasteiger partial charge in [-0.15, -0.1) is 0 Å². The highest BCUT2D eigenvalue weighted by Crippen LogP contribution is 2.28. The van der Waals surface area contributed by atoms with Crippen LogP contribution in [0.15, 0.2) is 18.2 Å². The SMILES string of the molecule is CC(=O)c1ccc2c(c1)CCN2CCF. The van der Waals surface area contributed by atoms with Crippen LogP contribution in [0.5, 0.6) is 0 Å². The molecule has 1 aromatic carbocycles. The number of alkyl halides is 1. The predicted octanol–water partition coefficient (Wildman–Crippen LogP) is 2.22. The maximum atomic E-state index is 12.3. The molecule has 0 unspecified atom stereocenters. The Kier molecular flexibility index (Phi) is 2.71. The van der Waals surface area contributed by atoms with Crippen LogP contribution in [0.25, 0.3) is 0 Å². The molecule has 0 atom stereocenters. The molecular weight excluding hydrogens is 193 g/mol. The predicted molar refractivity (Wildman–Crippen MR) is 58.3 cm³/mol. The average molecular weight is 207 g/mol. The number of rotatable bonds is 3. The van der Waals surface area contributed by atoms with Gasteiger partial charge in [-0.2, -0.15) is 0 Å². The molecule has 0 saturated heterocycles. The van der Waals surface area contributed by atoms with Gasteiger partial charge in [0.15, 0.2) is 5.78 Å². The second-order valence-corrected chi connectivity index (χ2v) is 3.83. The number of fused-ring (bicyclic) bond motifs is 1. The Morgan fingerprint density at radius 3 is 3.00 bits per heavy atom. The molecule has 80 valence electrons.